The van der Waals surface area contributed by atoms with E-state index in [1.54, 1.807) is 0 Å². The average molecular weight is 526 g/mol. The second kappa shape index (κ2) is 15.6. The molecule has 2 aliphatic heterocycles. The maximum atomic E-state index is 5.79. The van der Waals surface area contributed by atoms with Crippen molar-refractivity contribution in [3.05, 3.63) is 0 Å². The molecule has 2 unspecified atom stereocenters. The summed E-state index contributed by atoms with van der Waals surface area (Å²) >= 11 is 0. The van der Waals surface area contributed by atoms with Crippen LogP contribution < -0.4 is 10.6 Å². The summed E-state index contributed by atoms with van der Waals surface area (Å²) in [6.45, 7) is 17.3. The van der Waals surface area contributed by atoms with Crippen LogP contribution in [0.3, 0.4) is 0 Å². The standard InChI is InChI=1S/C21H43N5O2.HI/c1-5-22-21(23-8-6-13-27-16-19-7-14-28-17-19)24-15-20(18(2)3)26-11-9-25(4)10-12-26;/h18-20H,5-17H2,1-4H3,(H2,22,23,24);1H. The molecular formula is C21H44IN5O2. The Morgan fingerprint density at radius 3 is 2.59 bits per heavy atom. The first-order valence-electron chi connectivity index (χ1n) is 11.2. The van der Waals surface area contributed by atoms with Crippen molar-refractivity contribution in [1.82, 2.24) is 20.4 Å². The van der Waals surface area contributed by atoms with Crippen LogP contribution in [0.2, 0.25) is 0 Å². The van der Waals surface area contributed by atoms with E-state index < -0.39 is 0 Å². The molecule has 0 aromatic carbocycles. The molecule has 0 amide bonds. The van der Waals surface area contributed by atoms with E-state index in [0.717, 1.165) is 91.0 Å². The summed E-state index contributed by atoms with van der Waals surface area (Å²) in [4.78, 5) is 9.91. The second-order valence-corrected chi connectivity index (χ2v) is 8.46. The van der Waals surface area contributed by atoms with Gasteiger partial charge in [0.25, 0.3) is 0 Å². The summed E-state index contributed by atoms with van der Waals surface area (Å²) in [6.07, 6.45) is 2.13. The minimum absolute atomic E-state index is 0. The van der Waals surface area contributed by atoms with Crippen LogP contribution in [0.5, 0.6) is 0 Å². The van der Waals surface area contributed by atoms with Crippen molar-refractivity contribution in [1.29, 1.82) is 0 Å². The molecule has 0 aliphatic carbocycles. The summed E-state index contributed by atoms with van der Waals surface area (Å²) in [5, 5.41) is 6.84. The number of likely N-dealkylation sites (N-methyl/N-ethyl adjacent to an activating group) is 1. The van der Waals surface area contributed by atoms with Crippen molar-refractivity contribution in [2.75, 3.05) is 79.3 Å². The number of hydrogen-bond acceptors (Lipinski definition) is 5. The Kier molecular flexibility index (Phi) is 14.5. The fourth-order valence-corrected chi connectivity index (χ4v) is 3.77. The number of nitrogens with one attached hydrogen (secondary N) is 2. The monoisotopic (exact) mass is 525 g/mol. The van der Waals surface area contributed by atoms with Crippen LogP contribution in [0, 0.1) is 11.8 Å². The van der Waals surface area contributed by atoms with Gasteiger partial charge in [-0.2, -0.15) is 0 Å². The number of hydrogen-bond donors (Lipinski definition) is 2. The topological polar surface area (TPSA) is 61.4 Å². The van der Waals surface area contributed by atoms with Crippen LogP contribution in [-0.2, 0) is 9.47 Å². The third kappa shape index (κ3) is 10.6. The van der Waals surface area contributed by atoms with Gasteiger partial charge in [0.2, 0.25) is 0 Å². The molecule has 2 fully saturated rings. The van der Waals surface area contributed by atoms with Gasteiger partial charge >= 0.3 is 0 Å². The van der Waals surface area contributed by atoms with Gasteiger partial charge in [0.1, 0.15) is 0 Å². The Morgan fingerprint density at radius 2 is 1.97 bits per heavy atom. The van der Waals surface area contributed by atoms with Crippen molar-refractivity contribution in [3.8, 4) is 0 Å². The maximum Gasteiger partial charge on any atom is 0.191 e. The largest absolute Gasteiger partial charge is 0.381 e. The van der Waals surface area contributed by atoms with E-state index in [0.29, 0.717) is 17.9 Å². The van der Waals surface area contributed by atoms with Crippen LogP contribution in [0.15, 0.2) is 4.99 Å². The van der Waals surface area contributed by atoms with Crippen molar-refractivity contribution in [3.63, 3.8) is 0 Å². The molecule has 0 aromatic heterocycles. The second-order valence-electron chi connectivity index (χ2n) is 8.46. The lowest BCUT2D eigenvalue weighted by Crippen LogP contribution is -2.52. The number of guanidine groups is 1. The Balaban J connectivity index is 0.00000420. The van der Waals surface area contributed by atoms with Gasteiger partial charge < -0.3 is 25.0 Å². The fourth-order valence-electron chi connectivity index (χ4n) is 3.77. The molecule has 8 heteroatoms. The lowest BCUT2D eigenvalue weighted by Gasteiger charge is -2.39. The van der Waals surface area contributed by atoms with Gasteiger partial charge in [-0.1, -0.05) is 13.8 Å². The van der Waals surface area contributed by atoms with Crippen LogP contribution in [0.1, 0.15) is 33.6 Å². The Bertz CT molecular complexity index is 439. The summed E-state index contributed by atoms with van der Waals surface area (Å²) in [5.41, 5.74) is 0. The molecule has 0 saturated carbocycles. The van der Waals surface area contributed by atoms with E-state index >= 15 is 0 Å². The first-order valence-corrected chi connectivity index (χ1v) is 11.2. The van der Waals surface area contributed by atoms with Crippen LogP contribution in [0.25, 0.3) is 0 Å². The molecule has 2 aliphatic rings. The molecule has 2 saturated heterocycles. The highest BCUT2D eigenvalue weighted by Gasteiger charge is 2.24. The van der Waals surface area contributed by atoms with Crippen molar-refractivity contribution >= 4 is 29.9 Å². The van der Waals surface area contributed by atoms with Gasteiger partial charge in [-0.15, -0.1) is 24.0 Å². The van der Waals surface area contributed by atoms with Crippen molar-refractivity contribution in [2.24, 2.45) is 16.8 Å². The fraction of sp³-hybridized carbons (Fsp3) is 0.952. The highest BCUT2D eigenvalue weighted by atomic mass is 127. The third-order valence-corrected chi connectivity index (χ3v) is 5.69. The SMILES string of the molecule is CCNC(=NCC(C(C)C)N1CCN(C)CC1)NCCCOCC1CCOC1.I. The van der Waals surface area contributed by atoms with Gasteiger partial charge in [-0.05, 0) is 32.7 Å². The summed E-state index contributed by atoms with van der Waals surface area (Å²) in [6, 6.07) is 0.501. The predicted octanol–water partition coefficient (Wildman–Crippen LogP) is 1.87. The predicted molar refractivity (Wildman–Crippen MR) is 131 cm³/mol. The summed E-state index contributed by atoms with van der Waals surface area (Å²) < 4.78 is 11.2. The number of halogens is 1. The van der Waals surface area contributed by atoms with E-state index in [9.17, 15) is 0 Å². The van der Waals surface area contributed by atoms with Gasteiger partial charge in [0, 0.05) is 64.4 Å². The Morgan fingerprint density at radius 1 is 1.21 bits per heavy atom. The van der Waals surface area contributed by atoms with Crippen LogP contribution in [-0.4, -0.2) is 101 Å². The van der Waals surface area contributed by atoms with E-state index in [1.807, 2.05) is 0 Å². The molecule has 7 nitrogen and oxygen atoms in total. The lowest BCUT2D eigenvalue weighted by molar-refractivity contribution is 0.0887. The first-order chi connectivity index (χ1) is 13.6. The van der Waals surface area contributed by atoms with E-state index in [2.05, 4.69) is 48.3 Å². The quantitative estimate of drug-likeness (QED) is 0.186. The van der Waals surface area contributed by atoms with Crippen molar-refractivity contribution in [2.45, 2.75) is 39.7 Å². The van der Waals surface area contributed by atoms with E-state index in [1.165, 1.54) is 0 Å². The lowest BCUT2D eigenvalue weighted by atomic mass is 10.0. The van der Waals surface area contributed by atoms with Crippen LogP contribution in [0.4, 0.5) is 0 Å². The smallest absolute Gasteiger partial charge is 0.191 e. The zero-order chi connectivity index (χ0) is 20.2. The van der Waals surface area contributed by atoms with E-state index in [4.69, 9.17) is 14.5 Å². The molecule has 2 heterocycles. The van der Waals surface area contributed by atoms with Gasteiger partial charge in [-0.3, -0.25) is 9.89 Å². The summed E-state index contributed by atoms with van der Waals surface area (Å²) in [7, 11) is 2.21. The average Bonchev–Trinajstić information content (AvgIpc) is 3.19. The number of nitrogens with zero attached hydrogens (tertiary/aromatic N) is 3. The molecule has 0 radical (unpaired) electrons. The van der Waals surface area contributed by atoms with Crippen LogP contribution >= 0.6 is 24.0 Å². The third-order valence-electron chi connectivity index (χ3n) is 5.69. The number of rotatable bonds is 11. The van der Waals surface area contributed by atoms with Gasteiger partial charge in [0.15, 0.2) is 5.96 Å². The van der Waals surface area contributed by atoms with Gasteiger partial charge in [0.05, 0.1) is 19.8 Å². The highest BCUT2D eigenvalue weighted by molar-refractivity contribution is 14.0. The zero-order valence-corrected chi connectivity index (χ0v) is 21.3. The molecule has 0 aromatic rings. The Hall–Kier alpha value is -0.160. The number of ether oxygens (including phenoxy) is 2. The molecular weight excluding hydrogens is 481 g/mol. The normalized spacial score (nSPS) is 22.5. The Labute approximate surface area is 195 Å². The molecule has 0 bridgehead atoms. The van der Waals surface area contributed by atoms with E-state index in [-0.39, 0.29) is 24.0 Å². The van der Waals surface area contributed by atoms with Crippen molar-refractivity contribution < 1.29 is 9.47 Å². The molecule has 2 atom stereocenters. The minimum Gasteiger partial charge on any atom is -0.381 e. The molecule has 2 N–H and O–H groups in total. The van der Waals surface area contributed by atoms with Gasteiger partial charge in [-0.25, -0.2) is 0 Å². The minimum atomic E-state index is 0. The summed E-state index contributed by atoms with van der Waals surface area (Å²) in [5.74, 6) is 2.11. The molecule has 29 heavy (non-hydrogen) atoms. The zero-order valence-electron chi connectivity index (χ0n) is 19.0. The number of aliphatic imine (C=N–C) groups is 1. The maximum absolute atomic E-state index is 5.79. The number of piperazine rings is 1. The molecule has 172 valence electrons. The highest BCUT2D eigenvalue weighted by Crippen LogP contribution is 2.14. The molecule has 0 spiro atoms. The molecule has 2 rings (SSSR count). The first kappa shape index (κ1) is 26.9.